The molecule has 2 aliphatic carbocycles. The predicted molar refractivity (Wildman–Crippen MR) is 109 cm³/mol. The fourth-order valence-corrected chi connectivity index (χ4v) is 5.65. The zero-order valence-corrected chi connectivity index (χ0v) is 17.3. The van der Waals surface area contributed by atoms with Gasteiger partial charge in [-0.2, -0.15) is 5.10 Å². The van der Waals surface area contributed by atoms with Crippen molar-refractivity contribution in [3.05, 3.63) is 34.5 Å². The molecule has 2 amide bonds. The molecule has 0 spiro atoms. The summed E-state index contributed by atoms with van der Waals surface area (Å²) in [6.45, 7) is 2.58. The molecule has 0 radical (unpaired) electrons. The molecule has 154 valence electrons. The highest BCUT2D eigenvalue weighted by Crippen LogP contribution is 2.38. The van der Waals surface area contributed by atoms with Gasteiger partial charge in [-0.05, 0) is 67.7 Å². The number of carbonyl (C=O) groups excluding carboxylic acids is 1. The third-order valence-corrected chi connectivity index (χ3v) is 7.41. The largest absolute Gasteiger partial charge is 0.474 e. The standard InChI is InChI=1S/C20H25N5O3S/c1-12-8-9-25-19(28-12)17(11-22-25)29(21,27)24-20(26)23-18-15-6-2-4-13(15)10-14-5-3-7-16(14)18/h10-12H,2-9H2,1H3,(H3,21,23,24,26,27)/t12-,29?/m1/s1. The zero-order valence-electron chi connectivity index (χ0n) is 16.4. The van der Waals surface area contributed by atoms with Gasteiger partial charge in [-0.15, -0.1) is 4.36 Å². The van der Waals surface area contributed by atoms with Crippen LogP contribution in [0.3, 0.4) is 0 Å². The molecule has 5 rings (SSSR count). The first-order valence-corrected chi connectivity index (χ1v) is 11.7. The Kier molecular flexibility index (Phi) is 4.40. The Morgan fingerprint density at radius 1 is 1.28 bits per heavy atom. The van der Waals surface area contributed by atoms with Gasteiger partial charge in [0.15, 0.2) is 9.92 Å². The quantitative estimate of drug-likeness (QED) is 0.785. The normalized spacial score (nSPS) is 21.5. The molecular formula is C20H25N5O3S. The van der Waals surface area contributed by atoms with Gasteiger partial charge in [0.2, 0.25) is 5.88 Å². The Morgan fingerprint density at radius 3 is 2.66 bits per heavy atom. The summed E-state index contributed by atoms with van der Waals surface area (Å²) in [7, 11) is -3.47. The van der Waals surface area contributed by atoms with Crippen molar-refractivity contribution in [1.29, 1.82) is 0 Å². The number of aromatic nitrogens is 2. The molecule has 0 saturated carbocycles. The lowest BCUT2D eigenvalue weighted by Crippen LogP contribution is -2.25. The summed E-state index contributed by atoms with van der Waals surface area (Å²) in [5, 5.41) is 13.1. The first-order valence-electron chi connectivity index (χ1n) is 10.2. The van der Waals surface area contributed by atoms with Crippen LogP contribution in [0.1, 0.15) is 48.4 Å². The zero-order chi connectivity index (χ0) is 20.2. The van der Waals surface area contributed by atoms with Gasteiger partial charge in [0.25, 0.3) is 0 Å². The van der Waals surface area contributed by atoms with Crippen molar-refractivity contribution in [3.63, 3.8) is 0 Å². The summed E-state index contributed by atoms with van der Waals surface area (Å²) >= 11 is 0. The number of urea groups is 1. The Morgan fingerprint density at radius 2 is 1.97 bits per heavy atom. The summed E-state index contributed by atoms with van der Waals surface area (Å²) in [6, 6.07) is 1.61. The van der Waals surface area contributed by atoms with E-state index in [1.54, 1.807) is 4.68 Å². The summed E-state index contributed by atoms with van der Waals surface area (Å²) in [4.78, 5) is 12.9. The minimum absolute atomic E-state index is 0.0310. The van der Waals surface area contributed by atoms with E-state index in [1.165, 1.54) is 28.5 Å². The number of nitrogens with two attached hydrogens (primary N) is 1. The third-order valence-electron chi connectivity index (χ3n) is 6.06. The Hall–Kier alpha value is -2.39. The first kappa shape index (κ1) is 18.6. The first-order chi connectivity index (χ1) is 13.9. The van der Waals surface area contributed by atoms with E-state index >= 15 is 0 Å². The number of fused-ring (bicyclic) bond motifs is 3. The van der Waals surface area contributed by atoms with E-state index in [4.69, 9.17) is 9.88 Å². The van der Waals surface area contributed by atoms with E-state index in [2.05, 4.69) is 20.8 Å². The van der Waals surface area contributed by atoms with Gasteiger partial charge in [-0.1, -0.05) is 6.07 Å². The van der Waals surface area contributed by atoms with Crippen molar-refractivity contribution in [2.24, 2.45) is 9.50 Å². The van der Waals surface area contributed by atoms with E-state index in [9.17, 15) is 9.00 Å². The number of anilines is 1. The van der Waals surface area contributed by atoms with E-state index in [0.29, 0.717) is 12.4 Å². The molecular weight excluding hydrogens is 390 g/mol. The Balaban J connectivity index is 1.48. The van der Waals surface area contributed by atoms with Gasteiger partial charge < -0.3 is 10.1 Å². The number of nitrogens with one attached hydrogen (secondary N) is 1. The smallest absolute Gasteiger partial charge is 0.354 e. The van der Waals surface area contributed by atoms with Crippen LogP contribution in [-0.2, 0) is 42.1 Å². The van der Waals surface area contributed by atoms with Crippen LogP contribution in [0.4, 0.5) is 10.5 Å². The van der Waals surface area contributed by atoms with Crippen molar-refractivity contribution in [3.8, 4) is 5.88 Å². The summed E-state index contributed by atoms with van der Waals surface area (Å²) in [6.07, 6.45) is 8.30. The Bertz CT molecular complexity index is 1100. The van der Waals surface area contributed by atoms with E-state index in [0.717, 1.165) is 50.6 Å². The number of benzene rings is 1. The molecule has 0 fully saturated rings. The minimum Gasteiger partial charge on any atom is -0.474 e. The molecule has 29 heavy (non-hydrogen) atoms. The van der Waals surface area contributed by atoms with Crippen LogP contribution >= 0.6 is 0 Å². The molecule has 2 atom stereocenters. The topological polar surface area (TPSA) is 112 Å². The van der Waals surface area contributed by atoms with Crippen molar-refractivity contribution < 1.29 is 13.7 Å². The van der Waals surface area contributed by atoms with Crippen LogP contribution in [0.15, 0.2) is 21.5 Å². The van der Waals surface area contributed by atoms with Crippen molar-refractivity contribution in [2.75, 3.05) is 5.32 Å². The lowest BCUT2D eigenvalue weighted by atomic mass is 9.99. The van der Waals surface area contributed by atoms with Gasteiger partial charge in [-0.25, -0.2) is 18.8 Å². The molecule has 9 heteroatoms. The average molecular weight is 416 g/mol. The van der Waals surface area contributed by atoms with Gasteiger partial charge in [0.1, 0.15) is 4.90 Å². The lowest BCUT2D eigenvalue weighted by Gasteiger charge is -2.22. The molecule has 2 aromatic rings. The maximum atomic E-state index is 13.1. The second-order valence-electron chi connectivity index (χ2n) is 8.08. The summed E-state index contributed by atoms with van der Waals surface area (Å²) in [5.41, 5.74) is 5.86. The predicted octanol–water partition coefficient (Wildman–Crippen LogP) is 2.96. The Labute approximate surface area is 170 Å². The lowest BCUT2D eigenvalue weighted by molar-refractivity contribution is 0.144. The van der Waals surface area contributed by atoms with Crippen LogP contribution < -0.4 is 15.2 Å². The van der Waals surface area contributed by atoms with Gasteiger partial charge in [-0.3, -0.25) is 0 Å². The fourth-order valence-electron chi connectivity index (χ4n) is 4.66. The third kappa shape index (κ3) is 3.22. The molecule has 0 saturated heterocycles. The van der Waals surface area contributed by atoms with E-state index < -0.39 is 15.9 Å². The molecule has 2 heterocycles. The van der Waals surface area contributed by atoms with Gasteiger partial charge in [0.05, 0.1) is 12.3 Å². The second kappa shape index (κ2) is 6.84. The van der Waals surface area contributed by atoms with Crippen LogP contribution in [0.2, 0.25) is 0 Å². The number of ether oxygens (including phenoxy) is 1. The number of rotatable bonds is 2. The average Bonchev–Trinajstić information content (AvgIpc) is 3.39. The highest BCUT2D eigenvalue weighted by Gasteiger charge is 2.28. The minimum atomic E-state index is -3.47. The second-order valence-corrected chi connectivity index (χ2v) is 9.84. The van der Waals surface area contributed by atoms with Crippen LogP contribution in [0, 0.1) is 0 Å². The fraction of sp³-hybridized carbons (Fsp3) is 0.500. The number of aryl methyl sites for hydroxylation is 3. The van der Waals surface area contributed by atoms with Gasteiger partial charge in [0, 0.05) is 18.7 Å². The maximum absolute atomic E-state index is 13.1. The van der Waals surface area contributed by atoms with Crippen molar-refractivity contribution >= 4 is 21.6 Å². The molecule has 1 unspecified atom stereocenters. The SMILES string of the molecule is C[C@@H]1CCn2ncc(S(N)(=O)=NC(=O)Nc3c4c(cc5c3CCC5)CCC4)c2O1. The van der Waals surface area contributed by atoms with Crippen LogP contribution in [0.25, 0.3) is 0 Å². The van der Waals surface area contributed by atoms with Crippen LogP contribution in [0.5, 0.6) is 5.88 Å². The molecule has 1 aromatic carbocycles. The highest BCUT2D eigenvalue weighted by molar-refractivity contribution is 7.91. The number of hydrogen-bond donors (Lipinski definition) is 2. The monoisotopic (exact) mass is 415 g/mol. The number of hydrogen-bond acceptors (Lipinski definition) is 4. The van der Waals surface area contributed by atoms with E-state index in [1.807, 2.05) is 6.92 Å². The summed E-state index contributed by atoms with van der Waals surface area (Å²) in [5.74, 6) is 0.342. The number of nitrogens with zero attached hydrogens (tertiary/aromatic N) is 3. The number of carbonyl (C=O) groups is 1. The van der Waals surface area contributed by atoms with Crippen molar-refractivity contribution in [1.82, 2.24) is 9.78 Å². The molecule has 8 nitrogen and oxygen atoms in total. The number of amides is 2. The summed E-state index contributed by atoms with van der Waals surface area (Å²) < 4.78 is 24.3. The molecule has 1 aromatic heterocycles. The highest BCUT2D eigenvalue weighted by atomic mass is 32.2. The molecule has 0 bridgehead atoms. The maximum Gasteiger partial charge on any atom is 0.354 e. The van der Waals surface area contributed by atoms with Crippen molar-refractivity contribution in [2.45, 2.75) is 69.4 Å². The molecule has 3 aliphatic rings. The van der Waals surface area contributed by atoms with Crippen LogP contribution in [-0.4, -0.2) is 26.1 Å². The molecule has 1 aliphatic heterocycles. The molecule has 3 N–H and O–H groups in total. The van der Waals surface area contributed by atoms with Gasteiger partial charge >= 0.3 is 6.03 Å². The van der Waals surface area contributed by atoms with E-state index in [-0.39, 0.29) is 11.0 Å².